The van der Waals surface area contributed by atoms with Crippen molar-refractivity contribution in [3.05, 3.63) is 34.3 Å². The number of hydrogen-bond donors (Lipinski definition) is 0. The number of halogens is 1. The fourth-order valence-electron chi connectivity index (χ4n) is 2.34. The number of sulfonamides is 1. The summed E-state index contributed by atoms with van der Waals surface area (Å²) < 4.78 is 25.8. The average molecular weight is 347 g/mol. The summed E-state index contributed by atoms with van der Waals surface area (Å²) in [6.45, 7) is 4.85. The maximum Gasteiger partial charge on any atom is 0.211 e. The van der Waals surface area contributed by atoms with Gasteiger partial charge in [0.25, 0.3) is 0 Å². The van der Waals surface area contributed by atoms with Crippen LogP contribution in [0.15, 0.2) is 28.7 Å². The van der Waals surface area contributed by atoms with Gasteiger partial charge in [0.2, 0.25) is 10.0 Å². The van der Waals surface area contributed by atoms with Crippen molar-refractivity contribution in [1.82, 2.24) is 9.21 Å². The van der Waals surface area contributed by atoms with Crippen molar-refractivity contribution in [3.8, 4) is 0 Å². The van der Waals surface area contributed by atoms with E-state index in [1.165, 1.54) is 11.8 Å². The molecule has 106 valence electrons. The van der Waals surface area contributed by atoms with E-state index < -0.39 is 10.0 Å². The van der Waals surface area contributed by atoms with Crippen LogP contribution in [0.1, 0.15) is 12.5 Å². The number of piperazine rings is 1. The second-order valence-electron chi connectivity index (χ2n) is 5.03. The molecule has 2 rings (SSSR count). The molecular weight excluding hydrogens is 328 g/mol. The highest BCUT2D eigenvalue weighted by molar-refractivity contribution is 9.10. The first-order valence-corrected chi connectivity index (χ1v) is 8.94. The van der Waals surface area contributed by atoms with E-state index in [9.17, 15) is 8.42 Å². The Morgan fingerprint density at radius 2 is 2.00 bits per heavy atom. The van der Waals surface area contributed by atoms with Crippen molar-refractivity contribution >= 4 is 26.0 Å². The first kappa shape index (κ1) is 15.0. The standard InChI is InChI=1S/C13H19BrN2O2S/c1-11-9-16(19(2,17)18)8-7-15(11)10-12-5-3-4-6-13(12)14/h3-6,11H,7-10H2,1-2H3. The molecule has 0 N–H and O–H groups in total. The first-order valence-electron chi connectivity index (χ1n) is 6.30. The van der Waals surface area contributed by atoms with E-state index in [4.69, 9.17) is 0 Å². The average Bonchev–Trinajstić information content (AvgIpc) is 2.33. The lowest BCUT2D eigenvalue weighted by atomic mass is 10.1. The zero-order valence-electron chi connectivity index (χ0n) is 11.2. The third-order valence-electron chi connectivity index (χ3n) is 3.53. The van der Waals surface area contributed by atoms with E-state index in [1.54, 1.807) is 4.31 Å². The van der Waals surface area contributed by atoms with Gasteiger partial charge in [-0.3, -0.25) is 4.90 Å². The van der Waals surface area contributed by atoms with Gasteiger partial charge in [0.1, 0.15) is 0 Å². The molecule has 1 aliphatic rings. The van der Waals surface area contributed by atoms with Crippen molar-refractivity contribution in [3.63, 3.8) is 0 Å². The molecule has 0 aromatic heterocycles. The summed E-state index contributed by atoms with van der Waals surface area (Å²) in [6.07, 6.45) is 1.28. The normalized spacial score (nSPS) is 22.6. The van der Waals surface area contributed by atoms with Gasteiger partial charge in [-0.15, -0.1) is 0 Å². The van der Waals surface area contributed by atoms with Crippen molar-refractivity contribution in [2.24, 2.45) is 0 Å². The van der Waals surface area contributed by atoms with Gasteiger partial charge < -0.3 is 0 Å². The molecule has 0 radical (unpaired) electrons. The highest BCUT2D eigenvalue weighted by atomic mass is 79.9. The summed E-state index contributed by atoms with van der Waals surface area (Å²) in [5, 5.41) is 0. The van der Waals surface area contributed by atoms with Crippen LogP contribution in [0.2, 0.25) is 0 Å². The first-order chi connectivity index (χ1) is 8.88. The molecule has 6 heteroatoms. The quantitative estimate of drug-likeness (QED) is 0.839. The molecule has 0 bridgehead atoms. The minimum absolute atomic E-state index is 0.232. The Hall–Kier alpha value is -0.430. The van der Waals surface area contributed by atoms with Gasteiger partial charge >= 0.3 is 0 Å². The van der Waals surface area contributed by atoms with E-state index in [0.29, 0.717) is 13.1 Å². The lowest BCUT2D eigenvalue weighted by Crippen LogP contribution is -2.52. The highest BCUT2D eigenvalue weighted by Gasteiger charge is 2.28. The van der Waals surface area contributed by atoms with Gasteiger partial charge in [-0.1, -0.05) is 34.1 Å². The highest BCUT2D eigenvalue weighted by Crippen LogP contribution is 2.21. The van der Waals surface area contributed by atoms with Crippen LogP contribution in [0.4, 0.5) is 0 Å². The summed E-state index contributed by atoms with van der Waals surface area (Å²) >= 11 is 3.55. The topological polar surface area (TPSA) is 40.6 Å². The Morgan fingerprint density at radius 3 is 2.58 bits per heavy atom. The Morgan fingerprint density at radius 1 is 1.32 bits per heavy atom. The maximum absolute atomic E-state index is 11.6. The van der Waals surface area contributed by atoms with Gasteiger partial charge in [0.15, 0.2) is 0 Å². The van der Waals surface area contributed by atoms with Crippen LogP contribution in [-0.2, 0) is 16.6 Å². The molecule has 1 unspecified atom stereocenters. The SMILES string of the molecule is CC1CN(S(C)(=O)=O)CCN1Cc1ccccc1Br. The Bertz CT molecular complexity index is 547. The second-order valence-corrected chi connectivity index (χ2v) is 7.87. The van der Waals surface area contributed by atoms with Crippen molar-refractivity contribution in [1.29, 1.82) is 0 Å². The molecule has 0 saturated carbocycles. The van der Waals surface area contributed by atoms with Crippen molar-refractivity contribution in [2.45, 2.75) is 19.5 Å². The van der Waals surface area contributed by atoms with Crippen molar-refractivity contribution < 1.29 is 8.42 Å². The number of rotatable bonds is 3. The summed E-state index contributed by atoms with van der Waals surface area (Å²) in [5.41, 5.74) is 1.24. The zero-order chi connectivity index (χ0) is 14.0. The predicted octanol–water partition coefficient (Wildman–Crippen LogP) is 1.91. The zero-order valence-corrected chi connectivity index (χ0v) is 13.6. The predicted molar refractivity (Wildman–Crippen MR) is 80.4 cm³/mol. The van der Waals surface area contributed by atoms with Crippen LogP contribution in [-0.4, -0.2) is 49.6 Å². The molecule has 0 amide bonds. The summed E-state index contributed by atoms with van der Waals surface area (Å²) in [4.78, 5) is 2.32. The van der Waals surface area contributed by atoms with Crippen LogP contribution in [0.3, 0.4) is 0 Å². The summed E-state index contributed by atoms with van der Waals surface area (Å²) in [5.74, 6) is 0. The van der Waals surface area contributed by atoms with E-state index >= 15 is 0 Å². The fourth-order valence-corrected chi connectivity index (χ4v) is 3.65. The van der Waals surface area contributed by atoms with Gasteiger partial charge in [-0.2, -0.15) is 4.31 Å². The molecule has 1 saturated heterocycles. The minimum Gasteiger partial charge on any atom is -0.294 e. The molecule has 1 fully saturated rings. The Labute approximate surface area is 123 Å². The maximum atomic E-state index is 11.6. The molecule has 19 heavy (non-hydrogen) atoms. The van der Waals surface area contributed by atoms with E-state index in [1.807, 2.05) is 18.2 Å². The van der Waals surface area contributed by atoms with E-state index in [2.05, 4.69) is 33.8 Å². The summed E-state index contributed by atoms with van der Waals surface area (Å²) in [6, 6.07) is 8.39. The van der Waals surface area contributed by atoms with E-state index in [-0.39, 0.29) is 6.04 Å². The molecule has 0 spiro atoms. The van der Waals surface area contributed by atoms with Crippen LogP contribution in [0, 0.1) is 0 Å². The number of nitrogens with zero attached hydrogens (tertiary/aromatic N) is 2. The van der Waals surface area contributed by atoms with Gasteiger partial charge in [-0.05, 0) is 18.6 Å². The Kier molecular flexibility index (Phi) is 4.66. The van der Waals surface area contributed by atoms with Crippen LogP contribution < -0.4 is 0 Å². The molecule has 1 atom stereocenters. The van der Waals surface area contributed by atoms with Crippen LogP contribution >= 0.6 is 15.9 Å². The fraction of sp³-hybridized carbons (Fsp3) is 0.538. The van der Waals surface area contributed by atoms with Crippen molar-refractivity contribution in [2.75, 3.05) is 25.9 Å². The minimum atomic E-state index is -3.07. The monoisotopic (exact) mass is 346 g/mol. The molecular formula is C13H19BrN2O2S. The number of hydrogen-bond acceptors (Lipinski definition) is 3. The lowest BCUT2D eigenvalue weighted by molar-refractivity contribution is 0.122. The second kappa shape index (κ2) is 5.91. The van der Waals surface area contributed by atoms with Gasteiger partial charge in [-0.25, -0.2) is 8.42 Å². The third kappa shape index (κ3) is 3.78. The summed E-state index contributed by atoms with van der Waals surface area (Å²) in [7, 11) is -3.07. The largest absolute Gasteiger partial charge is 0.294 e. The van der Waals surface area contributed by atoms with E-state index in [0.717, 1.165) is 17.6 Å². The number of benzene rings is 1. The molecule has 1 heterocycles. The van der Waals surface area contributed by atoms with Gasteiger partial charge in [0.05, 0.1) is 6.26 Å². The lowest BCUT2D eigenvalue weighted by Gasteiger charge is -2.38. The molecule has 1 aromatic carbocycles. The molecule has 4 nitrogen and oxygen atoms in total. The van der Waals surface area contributed by atoms with Gasteiger partial charge in [0, 0.05) is 36.7 Å². The molecule has 0 aliphatic carbocycles. The van der Waals surface area contributed by atoms with Crippen LogP contribution in [0.5, 0.6) is 0 Å². The molecule has 1 aliphatic heterocycles. The third-order valence-corrected chi connectivity index (χ3v) is 5.57. The smallest absolute Gasteiger partial charge is 0.211 e. The molecule has 1 aromatic rings. The Balaban J connectivity index is 2.03. The van der Waals surface area contributed by atoms with Crippen LogP contribution in [0.25, 0.3) is 0 Å².